The fourth-order valence-corrected chi connectivity index (χ4v) is 1.30. The molecule has 2 aromatic rings. The number of nitrogens with zero attached hydrogens (tertiary/aromatic N) is 3. The van der Waals surface area contributed by atoms with Crippen LogP contribution in [0.15, 0.2) is 43.1 Å². The van der Waals surface area contributed by atoms with Crippen molar-refractivity contribution in [2.24, 2.45) is 0 Å². The second-order valence-corrected chi connectivity index (χ2v) is 3.34. The van der Waals surface area contributed by atoms with E-state index in [1.165, 1.54) is 18.6 Å². The first-order chi connectivity index (χ1) is 8.36. The Balaban J connectivity index is 1.82. The average Bonchev–Trinajstić information content (AvgIpc) is 2.41. The van der Waals surface area contributed by atoms with Crippen LogP contribution in [0.25, 0.3) is 0 Å². The minimum Gasteiger partial charge on any atom is -0.461 e. The van der Waals surface area contributed by atoms with Gasteiger partial charge in [0.25, 0.3) is 0 Å². The normalized spacial score (nSPS) is 9.88. The van der Waals surface area contributed by atoms with Gasteiger partial charge < -0.3 is 4.74 Å². The zero-order valence-corrected chi connectivity index (χ0v) is 9.11. The predicted octanol–water partition coefficient (Wildman–Crippen LogP) is 1.27. The summed E-state index contributed by atoms with van der Waals surface area (Å²) < 4.78 is 5.08. The molecule has 2 rings (SSSR count). The van der Waals surface area contributed by atoms with E-state index in [4.69, 9.17) is 4.74 Å². The fraction of sp³-hybridized carbons (Fsp3) is 0.167. The molecule has 5 nitrogen and oxygen atoms in total. The van der Waals surface area contributed by atoms with Crippen LogP contribution < -0.4 is 0 Å². The minimum absolute atomic E-state index is 0.273. The van der Waals surface area contributed by atoms with Crippen molar-refractivity contribution in [1.29, 1.82) is 0 Å². The Morgan fingerprint density at radius 3 is 2.59 bits per heavy atom. The molecule has 2 heterocycles. The number of pyridine rings is 1. The van der Waals surface area contributed by atoms with Crippen LogP contribution in [0, 0.1) is 0 Å². The SMILES string of the molecule is O=C(OCCc1ccncc1)c1ccncn1. The van der Waals surface area contributed by atoms with Crippen LogP contribution in [0.4, 0.5) is 0 Å². The number of ether oxygens (including phenoxy) is 1. The van der Waals surface area contributed by atoms with Crippen LogP contribution in [0.2, 0.25) is 0 Å². The molecule has 0 aromatic carbocycles. The van der Waals surface area contributed by atoms with Crippen molar-refractivity contribution in [3.05, 3.63) is 54.4 Å². The molecule has 17 heavy (non-hydrogen) atoms. The van der Waals surface area contributed by atoms with Crippen molar-refractivity contribution in [3.63, 3.8) is 0 Å². The molecule has 0 N–H and O–H groups in total. The quantitative estimate of drug-likeness (QED) is 0.739. The van der Waals surface area contributed by atoms with Crippen LogP contribution in [0.5, 0.6) is 0 Å². The van der Waals surface area contributed by atoms with Gasteiger partial charge in [-0.1, -0.05) is 0 Å². The van der Waals surface area contributed by atoms with Crippen molar-refractivity contribution in [2.45, 2.75) is 6.42 Å². The summed E-state index contributed by atoms with van der Waals surface area (Å²) >= 11 is 0. The third-order valence-electron chi connectivity index (χ3n) is 2.16. The lowest BCUT2D eigenvalue weighted by molar-refractivity contribution is 0.0502. The molecule has 0 aliphatic heterocycles. The third-order valence-corrected chi connectivity index (χ3v) is 2.16. The molecule has 86 valence electrons. The Labute approximate surface area is 98.5 Å². The van der Waals surface area contributed by atoms with Gasteiger partial charge in [-0.2, -0.15) is 0 Å². The molecule has 0 fully saturated rings. The van der Waals surface area contributed by atoms with Crippen molar-refractivity contribution in [2.75, 3.05) is 6.61 Å². The highest BCUT2D eigenvalue weighted by Gasteiger charge is 2.07. The summed E-state index contributed by atoms with van der Waals surface area (Å²) in [5.41, 5.74) is 1.35. The molecule has 0 unspecified atom stereocenters. The monoisotopic (exact) mass is 229 g/mol. The van der Waals surface area contributed by atoms with Crippen molar-refractivity contribution < 1.29 is 9.53 Å². The molecule has 0 radical (unpaired) electrons. The largest absolute Gasteiger partial charge is 0.461 e. The average molecular weight is 229 g/mol. The lowest BCUT2D eigenvalue weighted by atomic mass is 10.2. The standard InChI is InChI=1S/C12H11N3O2/c16-12(11-3-7-14-9-15-11)17-8-4-10-1-5-13-6-2-10/h1-3,5-7,9H,4,8H2. The number of carbonyl (C=O) groups is 1. The van der Waals surface area contributed by atoms with E-state index in [1.54, 1.807) is 12.4 Å². The van der Waals surface area contributed by atoms with Gasteiger partial charge in [0.05, 0.1) is 6.61 Å². The molecule has 2 aromatic heterocycles. The van der Waals surface area contributed by atoms with Gasteiger partial charge in [0.2, 0.25) is 0 Å². The Kier molecular flexibility index (Phi) is 3.75. The Hall–Kier alpha value is -2.30. The topological polar surface area (TPSA) is 65.0 Å². The van der Waals surface area contributed by atoms with E-state index in [1.807, 2.05) is 12.1 Å². The van der Waals surface area contributed by atoms with Gasteiger partial charge in [0.1, 0.15) is 6.33 Å². The third kappa shape index (κ3) is 3.34. The Morgan fingerprint density at radius 1 is 1.12 bits per heavy atom. The Morgan fingerprint density at radius 2 is 1.88 bits per heavy atom. The summed E-state index contributed by atoms with van der Waals surface area (Å²) in [7, 11) is 0. The van der Waals surface area contributed by atoms with Gasteiger partial charge in [-0.3, -0.25) is 4.98 Å². The van der Waals surface area contributed by atoms with Crippen LogP contribution in [0.3, 0.4) is 0 Å². The lowest BCUT2D eigenvalue weighted by Crippen LogP contribution is -2.09. The van der Waals surface area contributed by atoms with Gasteiger partial charge in [0, 0.05) is 25.0 Å². The van der Waals surface area contributed by atoms with E-state index < -0.39 is 5.97 Å². The summed E-state index contributed by atoms with van der Waals surface area (Å²) in [6.07, 6.45) is 6.91. The van der Waals surface area contributed by atoms with Gasteiger partial charge in [-0.15, -0.1) is 0 Å². The highest BCUT2D eigenvalue weighted by molar-refractivity contribution is 5.86. The number of esters is 1. The first kappa shape index (κ1) is 11.2. The maximum absolute atomic E-state index is 11.5. The second-order valence-electron chi connectivity index (χ2n) is 3.34. The van der Waals surface area contributed by atoms with Crippen LogP contribution in [0.1, 0.15) is 16.1 Å². The Bertz CT molecular complexity index is 474. The number of carbonyl (C=O) groups excluding carboxylic acids is 1. The summed E-state index contributed by atoms with van der Waals surface area (Å²) in [5, 5.41) is 0. The maximum atomic E-state index is 11.5. The van der Waals surface area contributed by atoms with Gasteiger partial charge in [0.15, 0.2) is 5.69 Å². The van der Waals surface area contributed by atoms with E-state index in [2.05, 4.69) is 15.0 Å². The summed E-state index contributed by atoms with van der Waals surface area (Å²) in [5.74, 6) is -0.429. The van der Waals surface area contributed by atoms with E-state index >= 15 is 0 Å². The van der Waals surface area contributed by atoms with Crippen molar-refractivity contribution >= 4 is 5.97 Å². The van der Waals surface area contributed by atoms with Crippen LogP contribution >= 0.6 is 0 Å². The highest BCUT2D eigenvalue weighted by Crippen LogP contribution is 2.00. The van der Waals surface area contributed by atoms with E-state index in [-0.39, 0.29) is 5.69 Å². The van der Waals surface area contributed by atoms with E-state index in [0.717, 1.165) is 5.56 Å². The predicted molar refractivity (Wildman–Crippen MR) is 60.3 cm³/mol. The minimum atomic E-state index is -0.429. The molecule has 5 heteroatoms. The van der Waals surface area contributed by atoms with Crippen LogP contribution in [-0.4, -0.2) is 27.5 Å². The molecule has 0 bridgehead atoms. The van der Waals surface area contributed by atoms with Gasteiger partial charge in [-0.25, -0.2) is 14.8 Å². The second kappa shape index (κ2) is 5.69. The molecule has 0 saturated heterocycles. The summed E-state index contributed by atoms with van der Waals surface area (Å²) in [6, 6.07) is 5.30. The number of aromatic nitrogens is 3. The van der Waals surface area contributed by atoms with E-state index in [9.17, 15) is 4.79 Å². The smallest absolute Gasteiger partial charge is 0.357 e. The molecular weight excluding hydrogens is 218 g/mol. The number of hydrogen-bond acceptors (Lipinski definition) is 5. The molecule has 0 aliphatic carbocycles. The number of rotatable bonds is 4. The van der Waals surface area contributed by atoms with Gasteiger partial charge >= 0.3 is 5.97 Å². The van der Waals surface area contributed by atoms with Crippen LogP contribution in [-0.2, 0) is 11.2 Å². The summed E-state index contributed by atoms with van der Waals surface area (Å²) in [4.78, 5) is 23.0. The molecule has 0 atom stereocenters. The molecule has 0 aliphatic rings. The molecule has 0 saturated carbocycles. The highest BCUT2D eigenvalue weighted by atomic mass is 16.5. The fourth-order valence-electron chi connectivity index (χ4n) is 1.30. The maximum Gasteiger partial charge on any atom is 0.357 e. The lowest BCUT2D eigenvalue weighted by Gasteiger charge is -2.03. The van der Waals surface area contributed by atoms with Gasteiger partial charge in [-0.05, 0) is 23.8 Å². The zero-order valence-electron chi connectivity index (χ0n) is 9.11. The van der Waals surface area contributed by atoms with Crippen molar-refractivity contribution in [3.8, 4) is 0 Å². The first-order valence-electron chi connectivity index (χ1n) is 5.18. The van der Waals surface area contributed by atoms with E-state index in [0.29, 0.717) is 13.0 Å². The molecule has 0 amide bonds. The first-order valence-corrected chi connectivity index (χ1v) is 5.18. The molecular formula is C12H11N3O2. The number of hydrogen-bond donors (Lipinski definition) is 0. The summed E-state index contributed by atoms with van der Waals surface area (Å²) in [6.45, 7) is 0.326. The van der Waals surface area contributed by atoms with Crippen molar-refractivity contribution in [1.82, 2.24) is 15.0 Å². The zero-order chi connectivity index (χ0) is 11.9. The molecule has 0 spiro atoms.